The highest BCUT2D eigenvalue weighted by Crippen LogP contribution is 2.70. The third-order valence-electron chi connectivity index (χ3n) is 8.54. The number of aliphatic hydroxyl groups excluding tert-OH is 1. The molecular formula is C20H28O6. The van der Waals surface area contributed by atoms with E-state index in [4.69, 9.17) is 14.2 Å². The number of carbonyl (C=O) groups is 2. The van der Waals surface area contributed by atoms with Gasteiger partial charge in [-0.1, -0.05) is 13.3 Å². The van der Waals surface area contributed by atoms with Crippen molar-refractivity contribution < 1.29 is 28.9 Å². The van der Waals surface area contributed by atoms with Gasteiger partial charge in [0.25, 0.3) is 0 Å². The van der Waals surface area contributed by atoms with Crippen LogP contribution >= 0.6 is 0 Å². The second-order valence-electron chi connectivity index (χ2n) is 9.56. The summed E-state index contributed by atoms with van der Waals surface area (Å²) in [6, 6.07) is 0. The fraction of sp³-hybridized carbons (Fsp3) is 0.900. The highest BCUT2D eigenvalue weighted by molar-refractivity contribution is 5.82. The van der Waals surface area contributed by atoms with Crippen molar-refractivity contribution in [2.24, 2.45) is 22.7 Å². The van der Waals surface area contributed by atoms with Crippen LogP contribution in [0.3, 0.4) is 0 Å². The summed E-state index contributed by atoms with van der Waals surface area (Å²) in [5, 5.41) is 11.1. The van der Waals surface area contributed by atoms with E-state index in [0.29, 0.717) is 32.5 Å². The van der Waals surface area contributed by atoms with E-state index in [2.05, 4.69) is 6.92 Å². The second kappa shape index (κ2) is 5.02. The van der Waals surface area contributed by atoms with Crippen LogP contribution in [0.1, 0.15) is 58.8 Å². The van der Waals surface area contributed by atoms with Crippen molar-refractivity contribution in [2.45, 2.75) is 76.1 Å². The number of cyclic esters (lactones) is 2. The van der Waals surface area contributed by atoms with E-state index in [1.54, 1.807) is 0 Å². The topological polar surface area (TPSA) is 82.1 Å². The van der Waals surface area contributed by atoms with Gasteiger partial charge in [-0.25, -0.2) is 4.79 Å². The van der Waals surface area contributed by atoms with Gasteiger partial charge in [0, 0.05) is 17.8 Å². The number of ether oxygens (including phenoxy) is 3. The summed E-state index contributed by atoms with van der Waals surface area (Å²) in [4.78, 5) is 25.1. The highest BCUT2D eigenvalue weighted by Gasteiger charge is 2.76. The lowest BCUT2D eigenvalue weighted by atomic mass is 9.42. The first kappa shape index (κ1) is 17.0. The van der Waals surface area contributed by atoms with Gasteiger partial charge in [0.1, 0.15) is 6.61 Å². The van der Waals surface area contributed by atoms with Crippen molar-refractivity contribution >= 4 is 11.9 Å². The smallest absolute Gasteiger partial charge is 0.338 e. The van der Waals surface area contributed by atoms with Crippen LogP contribution in [0.5, 0.6) is 0 Å². The molecule has 5 fully saturated rings. The molecule has 0 aromatic rings. The summed E-state index contributed by atoms with van der Waals surface area (Å²) in [7, 11) is 0. The Balaban J connectivity index is 1.64. The first-order valence-electron chi connectivity index (χ1n) is 10.0. The highest BCUT2D eigenvalue weighted by atomic mass is 16.6. The molecule has 0 aromatic carbocycles. The molecule has 6 heteroatoms. The molecule has 2 bridgehead atoms. The van der Waals surface area contributed by atoms with Crippen LogP contribution in [0.4, 0.5) is 0 Å². The van der Waals surface area contributed by atoms with E-state index in [9.17, 15) is 14.7 Å². The normalized spacial score (nSPS) is 55.7. The van der Waals surface area contributed by atoms with Crippen LogP contribution in [-0.4, -0.2) is 47.6 Å². The maximum Gasteiger partial charge on any atom is 0.338 e. The van der Waals surface area contributed by atoms with Crippen LogP contribution in [0.15, 0.2) is 0 Å². The Morgan fingerprint density at radius 3 is 2.58 bits per heavy atom. The molecule has 0 radical (unpaired) electrons. The van der Waals surface area contributed by atoms with Crippen LogP contribution < -0.4 is 0 Å². The number of rotatable bonds is 0. The Labute approximate surface area is 153 Å². The minimum Gasteiger partial charge on any atom is -0.465 e. The predicted molar refractivity (Wildman–Crippen MR) is 90.0 cm³/mol. The number of aliphatic hydroxyl groups is 1. The lowest BCUT2D eigenvalue weighted by molar-refractivity contribution is -0.302. The van der Waals surface area contributed by atoms with Gasteiger partial charge < -0.3 is 19.3 Å². The summed E-state index contributed by atoms with van der Waals surface area (Å²) in [6.07, 6.45) is 4.61. The first-order valence-corrected chi connectivity index (χ1v) is 10.0. The molecule has 3 unspecified atom stereocenters. The molecule has 144 valence electrons. The zero-order chi connectivity index (χ0) is 18.4. The summed E-state index contributed by atoms with van der Waals surface area (Å²) in [5.74, 6) is -0.504. The minimum atomic E-state index is -0.842. The summed E-state index contributed by atoms with van der Waals surface area (Å²) in [6.45, 7) is 4.78. The quantitative estimate of drug-likeness (QED) is 0.662. The molecule has 2 saturated carbocycles. The molecule has 26 heavy (non-hydrogen) atoms. The van der Waals surface area contributed by atoms with Crippen LogP contribution in [-0.2, 0) is 23.8 Å². The maximum absolute atomic E-state index is 12.7. The van der Waals surface area contributed by atoms with E-state index >= 15 is 0 Å². The van der Waals surface area contributed by atoms with E-state index in [-0.39, 0.29) is 23.8 Å². The van der Waals surface area contributed by atoms with E-state index in [0.717, 1.165) is 25.7 Å². The third kappa shape index (κ3) is 1.71. The van der Waals surface area contributed by atoms with Crippen molar-refractivity contribution in [1.29, 1.82) is 0 Å². The number of hydrogen-bond acceptors (Lipinski definition) is 6. The molecular weight excluding hydrogens is 336 g/mol. The molecule has 2 aliphatic carbocycles. The van der Waals surface area contributed by atoms with Gasteiger partial charge in [-0.15, -0.1) is 0 Å². The average molecular weight is 364 g/mol. The molecule has 6 nitrogen and oxygen atoms in total. The van der Waals surface area contributed by atoms with E-state index < -0.39 is 28.1 Å². The second-order valence-corrected chi connectivity index (χ2v) is 9.56. The van der Waals surface area contributed by atoms with Crippen molar-refractivity contribution in [1.82, 2.24) is 0 Å². The lowest BCUT2D eigenvalue weighted by Gasteiger charge is -2.67. The van der Waals surface area contributed by atoms with Gasteiger partial charge in [0.2, 0.25) is 0 Å². The Morgan fingerprint density at radius 1 is 1.04 bits per heavy atom. The van der Waals surface area contributed by atoms with E-state index in [1.165, 1.54) is 0 Å². The van der Waals surface area contributed by atoms with Gasteiger partial charge >= 0.3 is 11.9 Å². The van der Waals surface area contributed by atoms with Crippen LogP contribution in [0, 0.1) is 22.7 Å². The number of hydrogen-bond donors (Lipinski definition) is 1. The zero-order valence-corrected chi connectivity index (χ0v) is 15.6. The Hall–Kier alpha value is -1.14. The fourth-order valence-corrected chi connectivity index (χ4v) is 7.41. The molecule has 7 atom stereocenters. The third-order valence-corrected chi connectivity index (χ3v) is 8.54. The van der Waals surface area contributed by atoms with Crippen molar-refractivity contribution in [2.75, 3.05) is 13.2 Å². The van der Waals surface area contributed by atoms with Gasteiger partial charge in [0.05, 0.1) is 23.7 Å². The van der Waals surface area contributed by atoms with Gasteiger partial charge in [-0.05, 0) is 44.9 Å². The first-order chi connectivity index (χ1) is 12.3. The summed E-state index contributed by atoms with van der Waals surface area (Å²) >= 11 is 0. The largest absolute Gasteiger partial charge is 0.465 e. The molecule has 5 aliphatic rings. The summed E-state index contributed by atoms with van der Waals surface area (Å²) < 4.78 is 17.7. The van der Waals surface area contributed by atoms with Crippen LogP contribution in [0.2, 0.25) is 0 Å². The molecule has 3 heterocycles. The molecule has 2 spiro atoms. The lowest BCUT2D eigenvalue weighted by Crippen LogP contribution is -2.73. The number of carbonyl (C=O) groups excluding carboxylic acids is 2. The van der Waals surface area contributed by atoms with Crippen molar-refractivity contribution in [3.63, 3.8) is 0 Å². The Morgan fingerprint density at radius 2 is 1.85 bits per heavy atom. The molecule has 5 rings (SSSR count). The molecule has 3 saturated heterocycles. The molecule has 3 aliphatic heterocycles. The van der Waals surface area contributed by atoms with Crippen molar-refractivity contribution in [3.8, 4) is 0 Å². The average Bonchev–Trinajstić information content (AvgIpc) is 3.16. The zero-order valence-electron chi connectivity index (χ0n) is 15.6. The maximum atomic E-state index is 12.7. The minimum absolute atomic E-state index is 0.0978. The van der Waals surface area contributed by atoms with Gasteiger partial charge in [-0.3, -0.25) is 4.79 Å². The fourth-order valence-electron chi connectivity index (χ4n) is 7.41. The standard InChI is InChI=1S/C20H28O6/c1-12-10-13(21)14-17(2)4-3-5-18(14,11-25-15(17)22)20(12)7-6-19(26-20)8-9-24-16(19)23/h12-14,21H,3-11H2,1-2H3/t12-,13?,14?,17+,18-,19?,20-/m1/s1. The predicted octanol–water partition coefficient (Wildman–Crippen LogP) is 1.97. The number of esters is 2. The van der Waals surface area contributed by atoms with Gasteiger partial charge in [-0.2, -0.15) is 0 Å². The van der Waals surface area contributed by atoms with Gasteiger partial charge in [0.15, 0.2) is 5.60 Å². The molecule has 0 aromatic heterocycles. The van der Waals surface area contributed by atoms with E-state index in [1.807, 2.05) is 6.92 Å². The Bertz CT molecular complexity index is 677. The Kier molecular flexibility index (Phi) is 3.28. The molecule has 0 amide bonds. The van der Waals surface area contributed by atoms with Crippen molar-refractivity contribution in [3.05, 3.63) is 0 Å². The monoisotopic (exact) mass is 364 g/mol. The van der Waals surface area contributed by atoms with Crippen LogP contribution in [0.25, 0.3) is 0 Å². The SMILES string of the molecule is C[C@@H]1CC(O)C2[C@]3(CCC[C@]2(C)C(=O)OC3)[C@@]12CCC1(CCOC1=O)O2. The summed E-state index contributed by atoms with van der Waals surface area (Å²) in [5.41, 5.74) is -2.47. The molecule has 1 N–H and O–H groups in total.